The number of thiophene rings is 1. The molecule has 1 aromatic heterocycles. The molecule has 166 valence electrons. The van der Waals surface area contributed by atoms with Gasteiger partial charge in [-0.05, 0) is 49.1 Å². The minimum Gasteiger partial charge on any atom is -0.497 e. The van der Waals surface area contributed by atoms with Crippen molar-refractivity contribution in [2.45, 2.75) is 27.7 Å². The van der Waals surface area contributed by atoms with Gasteiger partial charge in [-0.2, -0.15) is 0 Å². The monoisotopic (exact) mass is 445 g/mol. The normalized spacial score (nSPS) is 10.9. The maximum absolute atomic E-state index is 12.5. The zero-order valence-corrected chi connectivity index (χ0v) is 19.1. The van der Waals surface area contributed by atoms with E-state index in [0.717, 1.165) is 16.9 Å². The average molecular weight is 446 g/mol. The quantitative estimate of drug-likeness (QED) is 0.444. The second kappa shape index (κ2) is 11.3. The third-order valence-electron chi connectivity index (χ3n) is 4.12. The summed E-state index contributed by atoms with van der Waals surface area (Å²) in [5, 5.41) is 2.93. The van der Waals surface area contributed by atoms with E-state index in [9.17, 15) is 14.4 Å². The fourth-order valence-corrected chi connectivity index (χ4v) is 3.72. The van der Waals surface area contributed by atoms with Crippen LogP contribution in [0.3, 0.4) is 0 Å². The van der Waals surface area contributed by atoms with Gasteiger partial charge in [0.2, 0.25) is 5.91 Å². The number of carbonyl (C=O) groups is 3. The molecular weight excluding hydrogens is 418 g/mol. The van der Waals surface area contributed by atoms with E-state index in [2.05, 4.69) is 5.32 Å². The van der Waals surface area contributed by atoms with E-state index < -0.39 is 17.8 Å². The Morgan fingerprint density at radius 1 is 1.16 bits per heavy atom. The van der Waals surface area contributed by atoms with Gasteiger partial charge in [0.1, 0.15) is 15.6 Å². The summed E-state index contributed by atoms with van der Waals surface area (Å²) in [7, 11) is 1.56. The van der Waals surface area contributed by atoms with Gasteiger partial charge in [0.25, 0.3) is 0 Å². The molecule has 0 unspecified atom stereocenters. The fraction of sp³-hybridized carbons (Fsp3) is 0.348. The Hall–Kier alpha value is -3.13. The first-order chi connectivity index (χ1) is 14.8. The van der Waals surface area contributed by atoms with Crippen LogP contribution in [0.4, 0.5) is 5.00 Å². The lowest BCUT2D eigenvalue weighted by molar-refractivity contribution is -0.111. The first-order valence-electron chi connectivity index (χ1n) is 9.87. The zero-order chi connectivity index (χ0) is 23.0. The highest BCUT2D eigenvalue weighted by Crippen LogP contribution is 2.34. The molecule has 0 aliphatic rings. The molecule has 2 aromatic rings. The number of anilines is 1. The summed E-state index contributed by atoms with van der Waals surface area (Å²) in [5.41, 5.74) is 1.36. The van der Waals surface area contributed by atoms with Crippen molar-refractivity contribution in [1.82, 2.24) is 0 Å². The Kier molecular flexibility index (Phi) is 8.81. The number of benzene rings is 1. The molecule has 0 atom stereocenters. The predicted octanol–water partition coefficient (Wildman–Crippen LogP) is 4.71. The van der Waals surface area contributed by atoms with Crippen LogP contribution in [0.1, 0.15) is 51.9 Å². The highest BCUT2D eigenvalue weighted by Gasteiger charge is 2.27. The van der Waals surface area contributed by atoms with Crippen molar-refractivity contribution in [3.05, 3.63) is 51.9 Å². The molecule has 0 aliphatic heterocycles. The number of ether oxygens (including phenoxy) is 3. The smallest absolute Gasteiger partial charge is 0.348 e. The second-order valence-corrected chi connectivity index (χ2v) is 8.09. The number of carbonyl (C=O) groups excluding carboxylic acids is 3. The lowest BCUT2D eigenvalue weighted by Gasteiger charge is -2.07. The van der Waals surface area contributed by atoms with Crippen LogP contribution in [-0.4, -0.2) is 38.2 Å². The average Bonchev–Trinajstić information content (AvgIpc) is 3.06. The molecule has 0 fully saturated rings. The Balaban J connectivity index is 2.27. The molecule has 1 aromatic carbocycles. The summed E-state index contributed by atoms with van der Waals surface area (Å²) in [6.45, 7) is 7.61. The van der Waals surface area contributed by atoms with Crippen LogP contribution in [0.2, 0.25) is 0 Å². The van der Waals surface area contributed by atoms with E-state index in [1.54, 1.807) is 39.2 Å². The molecule has 0 radical (unpaired) electrons. The van der Waals surface area contributed by atoms with Gasteiger partial charge in [-0.25, -0.2) is 9.59 Å². The van der Waals surface area contributed by atoms with Gasteiger partial charge in [0, 0.05) is 6.08 Å². The minimum absolute atomic E-state index is 0.159. The highest BCUT2D eigenvalue weighted by molar-refractivity contribution is 7.18. The Labute approximate surface area is 186 Å². The molecule has 7 nitrogen and oxygen atoms in total. The lowest BCUT2D eigenvalue weighted by Crippen LogP contribution is -2.13. The summed E-state index contributed by atoms with van der Waals surface area (Å²) < 4.78 is 15.6. The van der Waals surface area contributed by atoms with Crippen molar-refractivity contribution in [2.75, 3.05) is 25.6 Å². The summed E-state index contributed by atoms with van der Waals surface area (Å²) in [4.78, 5) is 37.7. The van der Waals surface area contributed by atoms with E-state index >= 15 is 0 Å². The minimum atomic E-state index is -0.605. The lowest BCUT2D eigenvalue weighted by atomic mass is 10.1. The van der Waals surface area contributed by atoms with Crippen LogP contribution < -0.4 is 10.1 Å². The zero-order valence-electron chi connectivity index (χ0n) is 18.3. The van der Waals surface area contributed by atoms with Crippen molar-refractivity contribution >= 4 is 40.3 Å². The maximum atomic E-state index is 12.5. The van der Waals surface area contributed by atoms with E-state index in [4.69, 9.17) is 14.2 Å². The number of nitrogens with one attached hydrogen (secondary N) is 1. The SMILES string of the molecule is CCOC(=O)c1c(NC(=O)/C=C/c2cccc(OC)c2)sc(C(=O)OCC(C)C)c1C. The molecule has 2 rings (SSSR count). The summed E-state index contributed by atoms with van der Waals surface area (Å²) in [5.74, 6) is -0.739. The maximum Gasteiger partial charge on any atom is 0.348 e. The van der Waals surface area contributed by atoms with Gasteiger partial charge in [-0.3, -0.25) is 4.79 Å². The van der Waals surface area contributed by atoms with Crippen molar-refractivity contribution in [3.63, 3.8) is 0 Å². The number of rotatable bonds is 9. The van der Waals surface area contributed by atoms with Crippen LogP contribution in [0.25, 0.3) is 6.08 Å². The van der Waals surface area contributed by atoms with E-state index in [1.165, 1.54) is 6.08 Å². The number of methoxy groups -OCH3 is 1. The van der Waals surface area contributed by atoms with Crippen LogP contribution in [0, 0.1) is 12.8 Å². The molecule has 0 spiro atoms. The van der Waals surface area contributed by atoms with E-state index in [1.807, 2.05) is 26.0 Å². The van der Waals surface area contributed by atoms with Crippen molar-refractivity contribution in [2.24, 2.45) is 5.92 Å². The molecular formula is C23H27NO6S. The molecule has 1 amide bonds. The molecule has 0 saturated carbocycles. The molecule has 8 heteroatoms. The predicted molar refractivity (Wildman–Crippen MR) is 121 cm³/mol. The van der Waals surface area contributed by atoms with Gasteiger partial charge in [0.05, 0.1) is 25.9 Å². The molecule has 0 saturated heterocycles. The fourth-order valence-electron chi connectivity index (χ4n) is 2.62. The molecule has 1 N–H and O–H groups in total. The Morgan fingerprint density at radius 3 is 2.55 bits per heavy atom. The number of hydrogen-bond acceptors (Lipinski definition) is 7. The third-order valence-corrected chi connectivity index (χ3v) is 5.30. The van der Waals surface area contributed by atoms with Crippen LogP contribution in [0.5, 0.6) is 5.75 Å². The largest absolute Gasteiger partial charge is 0.497 e. The van der Waals surface area contributed by atoms with Crippen LogP contribution in [0.15, 0.2) is 30.3 Å². The summed E-state index contributed by atoms with van der Waals surface area (Å²) in [6, 6.07) is 7.23. The molecule has 0 bridgehead atoms. The number of amides is 1. The molecule has 1 heterocycles. The van der Waals surface area contributed by atoms with E-state index in [0.29, 0.717) is 11.3 Å². The van der Waals surface area contributed by atoms with Crippen LogP contribution in [-0.2, 0) is 14.3 Å². The van der Waals surface area contributed by atoms with Gasteiger partial charge < -0.3 is 19.5 Å². The molecule has 31 heavy (non-hydrogen) atoms. The van der Waals surface area contributed by atoms with Crippen molar-refractivity contribution < 1.29 is 28.6 Å². The summed E-state index contributed by atoms with van der Waals surface area (Å²) in [6.07, 6.45) is 2.97. The van der Waals surface area contributed by atoms with Gasteiger partial charge >= 0.3 is 11.9 Å². The molecule has 0 aliphatic carbocycles. The number of esters is 2. The first kappa shape index (κ1) is 24.1. The van der Waals surface area contributed by atoms with E-state index in [-0.39, 0.29) is 34.6 Å². The third kappa shape index (κ3) is 6.68. The Bertz CT molecular complexity index is 976. The Morgan fingerprint density at radius 2 is 1.90 bits per heavy atom. The van der Waals surface area contributed by atoms with Gasteiger partial charge in [-0.15, -0.1) is 11.3 Å². The second-order valence-electron chi connectivity index (χ2n) is 7.07. The standard InChI is InChI=1S/C23H27NO6S/c1-6-29-22(26)19-15(4)20(23(27)30-13-14(2)3)31-21(19)24-18(25)11-10-16-8-7-9-17(12-16)28-5/h7-12,14H,6,13H2,1-5H3,(H,24,25)/b11-10+. The van der Waals surface area contributed by atoms with Crippen molar-refractivity contribution in [3.8, 4) is 5.75 Å². The van der Waals surface area contributed by atoms with Gasteiger partial charge in [0.15, 0.2) is 0 Å². The number of hydrogen-bond donors (Lipinski definition) is 1. The van der Waals surface area contributed by atoms with Crippen molar-refractivity contribution in [1.29, 1.82) is 0 Å². The van der Waals surface area contributed by atoms with Crippen LogP contribution >= 0.6 is 11.3 Å². The highest BCUT2D eigenvalue weighted by atomic mass is 32.1. The topological polar surface area (TPSA) is 90.9 Å². The first-order valence-corrected chi connectivity index (χ1v) is 10.7. The summed E-state index contributed by atoms with van der Waals surface area (Å²) >= 11 is 0.995. The van der Waals surface area contributed by atoms with Gasteiger partial charge in [-0.1, -0.05) is 26.0 Å².